The quantitative estimate of drug-likeness (QED) is 0.690. The third-order valence-electron chi connectivity index (χ3n) is 3.16. The molecule has 0 saturated heterocycles. The van der Waals surface area contributed by atoms with E-state index in [0.29, 0.717) is 0 Å². The Morgan fingerprint density at radius 1 is 1.50 bits per heavy atom. The van der Waals surface area contributed by atoms with E-state index in [2.05, 4.69) is 9.97 Å². The van der Waals surface area contributed by atoms with Crippen molar-refractivity contribution in [3.63, 3.8) is 0 Å². The molecule has 0 radical (unpaired) electrons. The fraction of sp³-hybridized carbons (Fsp3) is 0.417. The molecule has 0 saturated carbocycles. The van der Waals surface area contributed by atoms with Gasteiger partial charge in [0.1, 0.15) is 16.2 Å². The number of primary amides is 1. The summed E-state index contributed by atoms with van der Waals surface area (Å²) in [4.78, 5) is 22.3. The van der Waals surface area contributed by atoms with Crippen molar-refractivity contribution in [2.45, 2.75) is 36.5 Å². The Labute approximate surface area is 113 Å². The summed E-state index contributed by atoms with van der Waals surface area (Å²) in [5.41, 5.74) is 6.70. The van der Waals surface area contributed by atoms with E-state index in [-0.39, 0.29) is 11.2 Å². The molecule has 0 unspecified atom stereocenters. The molecule has 3 rings (SSSR count). The molecule has 0 bridgehead atoms. The van der Waals surface area contributed by atoms with Crippen LogP contribution in [0.1, 0.15) is 23.8 Å². The summed E-state index contributed by atoms with van der Waals surface area (Å²) in [6, 6.07) is 0. The Bertz CT molecular complexity index is 623. The maximum atomic E-state index is 11.2. The van der Waals surface area contributed by atoms with Gasteiger partial charge in [-0.15, -0.1) is 11.3 Å². The van der Waals surface area contributed by atoms with Gasteiger partial charge in [0.05, 0.1) is 5.25 Å². The number of rotatable bonds is 3. The third kappa shape index (κ3) is 1.89. The minimum atomic E-state index is -0.307. The molecule has 94 valence electrons. The van der Waals surface area contributed by atoms with Crippen LogP contribution in [0.2, 0.25) is 0 Å². The van der Waals surface area contributed by atoms with Crippen molar-refractivity contribution in [1.29, 1.82) is 0 Å². The second-order valence-corrected chi connectivity index (χ2v) is 6.79. The highest BCUT2D eigenvalue weighted by Crippen LogP contribution is 2.40. The van der Waals surface area contributed by atoms with Crippen LogP contribution in [0, 0.1) is 0 Å². The number of carbonyl (C=O) groups is 1. The third-order valence-corrected chi connectivity index (χ3v) is 5.47. The van der Waals surface area contributed by atoms with Gasteiger partial charge in [-0.1, -0.05) is 11.8 Å². The van der Waals surface area contributed by atoms with E-state index in [4.69, 9.17) is 5.73 Å². The highest BCUT2D eigenvalue weighted by Gasteiger charge is 2.22. The molecule has 2 heterocycles. The van der Waals surface area contributed by atoms with Crippen LogP contribution in [-0.2, 0) is 17.6 Å². The Kier molecular flexibility index (Phi) is 2.99. The lowest BCUT2D eigenvalue weighted by Gasteiger charge is -2.07. The summed E-state index contributed by atoms with van der Waals surface area (Å²) in [7, 11) is 0. The van der Waals surface area contributed by atoms with Gasteiger partial charge in [-0.3, -0.25) is 4.79 Å². The second kappa shape index (κ2) is 4.51. The molecule has 6 heteroatoms. The number of fused-ring (bicyclic) bond motifs is 3. The molecule has 2 aromatic rings. The number of amides is 1. The molecule has 2 N–H and O–H groups in total. The van der Waals surface area contributed by atoms with E-state index in [9.17, 15) is 4.79 Å². The summed E-state index contributed by atoms with van der Waals surface area (Å²) >= 11 is 3.19. The van der Waals surface area contributed by atoms with Crippen LogP contribution < -0.4 is 5.73 Å². The summed E-state index contributed by atoms with van der Waals surface area (Å²) in [5.74, 6) is -0.307. The number of thiophene rings is 1. The van der Waals surface area contributed by atoms with Crippen molar-refractivity contribution in [2.75, 3.05) is 0 Å². The molecule has 1 amide bonds. The Hall–Kier alpha value is -1.14. The molecule has 1 atom stereocenters. The van der Waals surface area contributed by atoms with Gasteiger partial charge in [0.15, 0.2) is 0 Å². The number of aromatic nitrogens is 2. The highest BCUT2D eigenvalue weighted by molar-refractivity contribution is 8.00. The molecule has 0 spiro atoms. The van der Waals surface area contributed by atoms with E-state index < -0.39 is 0 Å². The number of hydrogen-bond acceptors (Lipinski definition) is 5. The first-order valence-electron chi connectivity index (χ1n) is 5.88. The summed E-state index contributed by atoms with van der Waals surface area (Å²) in [6.07, 6.45) is 5.03. The van der Waals surface area contributed by atoms with Crippen molar-refractivity contribution in [3.05, 3.63) is 16.8 Å². The molecular weight excluding hydrogens is 266 g/mol. The molecule has 2 aromatic heterocycles. The van der Waals surface area contributed by atoms with Crippen LogP contribution in [0.5, 0.6) is 0 Å². The first kappa shape index (κ1) is 11.9. The number of nitrogens with zero attached hydrogens (tertiary/aromatic N) is 2. The van der Waals surface area contributed by atoms with Gasteiger partial charge in [-0.2, -0.15) is 0 Å². The zero-order valence-corrected chi connectivity index (χ0v) is 11.6. The molecule has 0 fully saturated rings. The van der Waals surface area contributed by atoms with Gasteiger partial charge in [-0.25, -0.2) is 9.97 Å². The topological polar surface area (TPSA) is 68.9 Å². The Morgan fingerprint density at radius 2 is 2.33 bits per heavy atom. The molecule has 18 heavy (non-hydrogen) atoms. The normalized spacial score (nSPS) is 15.8. The average molecular weight is 279 g/mol. The van der Waals surface area contributed by atoms with Crippen molar-refractivity contribution in [3.8, 4) is 0 Å². The van der Waals surface area contributed by atoms with Crippen molar-refractivity contribution in [2.24, 2.45) is 5.73 Å². The van der Waals surface area contributed by atoms with Gasteiger partial charge in [0, 0.05) is 10.3 Å². The molecule has 0 aromatic carbocycles. The van der Waals surface area contributed by atoms with E-state index in [0.717, 1.165) is 28.1 Å². The number of nitrogens with two attached hydrogens (primary N) is 1. The van der Waals surface area contributed by atoms with Crippen LogP contribution in [0.4, 0.5) is 0 Å². The van der Waals surface area contributed by atoms with Gasteiger partial charge in [-0.05, 0) is 31.7 Å². The zero-order chi connectivity index (χ0) is 12.7. The number of aryl methyl sites for hydroxylation is 2. The van der Waals surface area contributed by atoms with Gasteiger partial charge < -0.3 is 5.73 Å². The van der Waals surface area contributed by atoms with E-state index in [1.807, 2.05) is 6.92 Å². The zero-order valence-electron chi connectivity index (χ0n) is 9.97. The van der Waals surface area contributed by atoms with E-state index in [1.165, 1.54) is 28.6 Å². The molecule has 1 aliphatic carbocycles. The molecule has 4 nitrogen and oxygen atoms in total. The van der Waals surface area contributed by atoms with Crippen molar-refractivity contribution in [1.82, 2.24) is 9.97 Å². The Morgan fingerprint density at radius 3 is 3.11 bits per heavy atom. The highest BCUT2D eigenvalue weighted by atomic mass is 32.2. The fourth-order valence-electron chi connectivity index (χ4n) is 2.21. The predicted octanol–water partition coefficient (Wildman–Crippen LogP) is 2.15. The predicted molar refractivity (Wildman–Crippen MR) is 74.0 cm³/mol. The minimum Gasteiger partial charge on any atom is -0.369 e. The van der Waals surface area contributed by atoms with E-state index >= 15 is 0 Å². The number of hydrogen-bond donors (Lipinski definition) is 1. The van der Waals surface area contributed by atoms with Gasteiger partial charge in [0.2, 0.25) is 5.91 Å². The van der Waals surface area contributed by atoms with Crippen molar-refractivity contribution >= 4 is 39.2 Å². The summed E-state index contributed by atoms with van der Waals surface area (Å²) < 4.78 is 0. The molecule has 1 aliphatic rings. The summed E-state index contributed by atoms with van der Waals surface area (Å²) in [6.45, 7) is 1.81. The van der Waals surface area contributed by atoms with E-state index in [1.54, 1.807) is 17.7 Å². The van der Waals surface area contributed by atoms with Gasteiger partial charge in [0.25, 0.3) is 0 Å². The lowest BCUT2D eigenvalue weighted by molar-refractivity contribution is -0.117. The lowest BCUT2D eigenvalue weighted by Crippen LogP contribution is -2.22. The first-order valence-corrected chi connectivity index (χ1v) is 7.57. The number of carbonyl (C=O) groups excluding carboxylic acids is 1. The maximum absolute atomic E-state index is 11.2. The average Bonchev–Trinajstić information content (AvgIpc) is 2.88. The van der Waals surface area contributed by atoms with Gasteiger partial charge >= 0.3 is 0 Å². The fourth-order valence-corrected chi connectivity index (χ4v) is 4.40. The SMILES string of the molecule is C[C@@H](Sc1ncnc2sc3c(c12)CCC3)C(N)=O. The lowest BCUT2D eigenvalue weighted by atomic mass is 10.2. The number of thioether (sulfide) groups is 1. The first-order chi connectivity index (χ1) is 8.66. The largest absolute Gasteiger partial charge is 0.369 e. The molecule has 0 aliphatic heterocycles. The maximum Gasteiger partial charge on any atom is 0.230 e. The van der Waals surface area contributed by atoms with Crippen LogP contribution in [0.15, 0.2) is 11.4 Å². The van der Waals surface area contributed by atoms with Crippen LogP contribution >= 0.6 is 23.1 Å². The summed E-state index contributed by atoms with van der Waals surface area (Å²) in [5, 5.41) is 1.78. The van der Waals surface area contributed by atoms with Crippen LogP contribution in [0.3, 0.4) is 0 Å². The monoisotopic (exact) mass is 279 g/mol. The standard InChI is InChI=1S/C12H13N3OS2/c1-6(10(13)16)17-11-9-7-3-2-4-8(7)18-12(9)15-5-14-11/h5-6H,2-4H2,1H3,(H2,13,16)/t6-/m1/s1. The van der Waals surface area contributed by atoms with Crippen LogP contribution in [0.25, 0.3) is 10.2 Å². The minimum absolute atomic E-state index is 0.264. The smallest absolute Gasteiger partial charge is 0.230 e. The van der Waals surface area contributed by atoms with Crippen molar-refractivity contribution < 1.29 is 4.79 Å². The molecular formula is C12H13N3OS2. The Balaban J connectivity index is 2.09. The van der Waals surface area contributed by atoms with Crippen LogP contribution in [-0.4, -0.2) is 21.1 Å². The second-order valence-electron chi connectivity index (χ2n) is 4.38.